The number of nitrogens with one attached hydrogen (secondary N) is 2. The molecule has 0 fully saturated rings. The monoisotopic (exact) mass is 206 g/mol. The highest BCUT2D eigenvalue weighted by atomic mass is 16.1. The van der Waals surface area contributed by atoms with Crippen LogP contribution >= 0.6 is 0 Å². The topological polar surface area (TPSA) is 41.1 Å². The SMILES string of the molecule is CCc1ccccc1NCCC(=O)NC. The fraction of sp³-hybridized carbons (Fsp3) is 0.417. The van der Waals surface area contributed by atoms with Crippen LogP contribution in [0.2, 0.25) is 0 Å². The number of anilines is 1. The third kappa shape index (κ3) is 3.62. The van der Waals surface area contributed by atoms with E-state index in [2.05, 4.69) is 23.6 Å². The van der Waals surface area contributed by atoms with Crippen LogP contribution in [0, 0.1) is 0 Å². The molecule has 0 atom stereocenters. The molecule has 0 aromatic heterocycles. The average molecular weight is 206 g/mol. The summed E-state index contributed by atoms with van der Waals surface area (Å²) in [5.41, 5.74) is 2.42. The van der Waals surface area contributed by atoms with E-state index in [4.69, 9.17) is 0 Å². The zero-order valence-corrected chi connectivity index (χ0v) is 9.34. The minimum atomic E-state index is 0.0662. The van der Waals surface area contributed by atoms with E-state index >= 15 is 0 Å². The molecule has 1 aromatic rings. The van der Waals surface area contributed by atoms with Gasteiger partial charge in [-0.3, -0.25) is 4.79 Å². The molecular weight excluding hydrogens is 188 g/mol. The van der Waals surface area contributed by atoms with Crippen LogP contribution in [0.25, 0.3) is 0 Å². The van der Waals surface area contributed by atoms with Crippen molar-refractivity contribution in [3.63, 3.8) is 0 Å². The van der Waals surface area contributed by atoms with E-state index < -0.39 is 0 Å². The Morgan fingerprint density at radius 3 is 2.73 bits per heavy atom. The van der Waals surface area contributed by atoms with E-state index in [-0.39, 0.29) is 5.91 Å². The summed E-state index contributed by atoms with van der Waals surface area (Å²) < 4.78 is 0. The van der Waals surface area contributed by atoms with Gasteiger partial charge < -0.3 is 10.6 Å². The lowest BCUT2D eigenvalue weighted by Crippen LogP contribution is -2.21. The maximum Gasteiger partial charge on any atom is 0.221 e. The molecule has 0 heterocycles. The van der Waals surface area contributed by atoms with Crippen LogP contribution in [0.5, 0.6) is 0 Å². The van der Waals surface area contributed by atoms with Crippen molar-refractivity contribution in [3.8, 4) is 0 Å². The molecule has 1 rings (SSSR count). The number of carbonyl (C=O) groups is 1. The molecule has 0 aliphatic heterocycles. The quantitative estimate of drug-likeness (QED) is 0.771. The first kappa shape index (κ1) is 11.6. The highest BCUT2D eigenvalue weighted by Gasteiger charge is 2.00. The first-order valence-electron chi connectivity index (χ1n) is 5.30. The summed E-state index contributed by atoms with van der Waals surface area (Å²) in [6, 6.07) is 8.18. The van der Waals surface area contributed by atoms with Crippen molar-refractivity contribution in [2.75, 3.05) is 18.9 Å². The standard InChI is InChI=1S/C12H18N2O/c1-3-10-6-4-5-7-11(10)14-9-8-12(15)13-2/h4-7,14H,3,8-9H2,1-2H3,(H,13,15). The maximum absolute atomic E-state index is 11.0. The zero-order chi connectivity index (χ0) is 11.1. The second-order valence-corrected chi connectivity index (χ2v) is 3.36. The highest BCUT2D eigenvalue weighted by molar-refractivity contribution is 5.76. The summed E-state index contributed by atoms with van der Waals surface area (Å²) in [5, 5.41) is 5.87. The van der Waals surface area contributed by atoms with Crippen LogP contribution in [0.3, 0.4) is 0 Å². The van der Waals surface area contributed by atoms with Crippen molar-refractivity contribution in [3.05, 3.63) is 29.8 Å². The molecule has 0 bridgehead atoms. The first-order valence-corrected chi connectivity index (χ1v) is 5.30. The van der Waals surface area contributed by atoms with Crippen molar-refractivity contribution in [2.45, 2.75) is 19.8 Å². The van der Waals surface area contributed by atoms with Gasteiger partial charge in [0.15, 0.2) is 0 Å². The summed E-state index contributed by atoms with van der Waals surface area (Å²) in [6.45, 7) is 2.80. The molecule has 0 aliphatic rings. The van der Waals surface area contributed by atoms with Gasteiger partial charge in [0.05, 0.1) is 0 Å². The molecule has 82 valence electrons. The van der Waals surface area contributed by atoms with E-state index in [0.717, 1.165) is 12.1 Å². The predicted molar refractivity (Wildman–Crippen MR) is 63.0 cm³/mol. The van der Waals surface area contributed by atoms with Crippen LogP contribution < -0.4 is 10.6 Å². The summed E-state index contributed by atoms with van der Waals surface area (Å²) in [6.07, 6.45) is 1.51. The zero-order valence-electron chi connectivity index (χ0n) is 9.34. The van der Waals surface area contributed by atoms with Crippen LogP contribution in [0.4, 0.5) is 5.69 Å². The average Bonchev–Trinajstić information content (AvgIpc) is 2.29. The Morgan fingerprint density at radius 2 is 2.07 bits per heavy atom. The van der Waals surface area contributed by atoms with Gasteiger partial charge in [-0.25, -0.2) is 0 Å². The number of hydrogen-bond acceptors (Lipinski definition) is 2. The lowest BCUT2D eigenvalue weighted by molar-refractivity contribution is -0.120. The molecule has 1 aromatic carbocycles. The summed E-state index contributed by atoms with van der Waals surface area (Å²) in [7, 11) is 1.66. The Labute approximate surface area is 90.9 Å². The molecule has 0 radical (unpaired) electrons. The fourth-order valence-corrected chi connectivity index (χ4v) is 1.44. The van der Waals surface area contributed by atoms with Gasteiger partial charge >= 0.3 is 0 Å². The number of hydrogen-bond donors (Lipinski definition) is 2. The molecule has 0 spiro atoms. The Kier molecular flexibility index (Phi) is 4.68. The molecule has 3 nitrogen and oxygen atoms in total. The van der Waals surface area contributed by atoms with Crippen LogP contribution in [0.15, 0.2) is 24.3 Å². The Morgan fingerprint density at radius 1 is 1.33 bits per heavy atom. The van der Waals surface area contributed by atoms with Crippen molar-refractivity contribution < 1.29 is 4.79 Å². The van der Waals surface area contributed by atoms with Gasteiger partial charge in [0.2, 0.25) is 5.91 Å². The number of aryl methyl sites for hydroxylation is 1. The number of para-hydroxylation sites is 1. The largest absolute Gasteiger partial charge is 0.384 e. The minimum absolute atomic E-state index is 0.0662. The van der Waals surface area contributed by atoms with Crippen LogP contribution in [-0.4, -0.2) is 19.5 Å². The molecule has 0 saturated heterocycles. The lowest BCUT2D eigenvalue weighted by atomic mass is 10.1. The molecule has 0 aliphatic carbocycles. The smallest absolute Gasteiger partial charge is 0.221 e. The van der Waals surface area contributed by atoms with E-state index in [1.54, 1.807) is 7.05 Å². The first-order chi connectivity index (χ1) is 7.27. The third-order valence-electron chi connectivity index (χ3n) is 2.34. The van der Waals surface area contributed by atoms with Gasteiger partial charge in [0, 0.05) is 25.7 Å². The number of benzene rings is 1. The summed E-state index contributed by atoms with van der Waals surface area (Å²) in [5.74, 6) is 0.0662. The van der Waals surface area contributed by atoms with Gasteiger partial charge in [-0.2, -0.15) is 0 Å². The molecule has 0 saturated carbocycles. The second kappa shape index (κ2) is 6.06. The van der Waals surface area contributed by atoms with Crippen LogP contribution in [-0.2, 0) is 11.2 Å². The molecule has 0 unspecified atom stereocenters. The fourth-order valence-electron chi connectivity index (χ4n) is 1.44. The Bertz CT molecular complexity index is 323. The van der Waals surface area contributed by atoms with Gasteiger partial charge in [0.1, 0.15) is 0 Å². The molecular formula is C12H18N2O. The van der Waals surface area contributed by atoms with E-state index in [0.29, 0.717) is 13.0 Å². The van der Waals surface area contributed by atoms with Gasteiger partial charge in [-0.05, 0) is 18.1 Å². The minimum Gasteiger partial charge on any atom is -0.384 e. The van der Waals surface area contributed by atoms with Gasteiger partial charge in [0.25, 0.3) is 0 Å². The van der Waals surface area contributed by atoms with Gasteiger partial charge in [-0.1, -0.05) is 25.1 Å². The molecule has 2 N–H and O–H groups in total. The summed E-state index contributed by atoms with van der Waals surface area (Å²) in [4.78, 5) is 11.0. The van der Waals surface area contributed by atoms with Crippen molar-refractivity contribution >= 4 is 11.6 Å². The second-order valence-electron chi connectivity index (χ2n) is 3.36. The van der Waals surface area contributed by atoms with Crippen molar-refractivity contribution in [1.29, 1.82) is 0 Å². The number of rotatable bonds is 5. The molecule has 15 heavy (non-hydrogen) atoms. The van der Waals surface area contributed by atoms with E-state index in [1.807, 2.05) is 18.2 Å². The summed E-state index contributed by atoms with van der Waals surface area (Å²) >= 11 is 0. The lowest BCUT2D eigenvalue weighted by Gasteiger charge is -2.09. The maximum atomic E-state index is 11.0. The number of amides is 1. The highest BCUT2D eigenvalue weighted by Crippen LogP contribution is 2.14. The normalized spacial score (nSPS) is 9.73. The van der Waals surface area contributed by atoms with Crippen molar-refractivity contribution in [1.82, 2.24) is 5.32 Å². The third-order valence-corrected chi connectivity index (χ3v) is 2.34. The molecule has 1 amide bonds. The number of carbonyl (C=O) groups excluding carboxylic acids is 1. The Hall–Kier alpha value is -1.51. The van der Waals surface area contributed by atoms with Crippen LogP contribution in [0.1, 0.15) is 18.9 Å². The van der Waals surface area contributed by atoms with Crippen molar-refractivity contribution in [2.24, 2.45) is 0 Å². The molecule has 3 heteroatoms. The van der Waals surface area contributed by atoms with Gasteiger partial charge in [-0.15, -0.1) is 0 Å². The van der Waals surface area contributed by atoms with E-state index in [1.165, 1.54) is 5.56 Å². The predicted octanol–water partition coefficient (Wildman–Crippen LogP) is 1.80. The Balaban J connectivity index is 2.46. The van der Waals surface area contributed by atoms with E-state index in [9.17, 15) is 4.79 Å².